The van der Waals surface area contributed by atoms with Crippen molar-refractivity contribution in [1.82, 2.24) is 10.8 Å². The van der Waals surface area contributed by atoms with Crippen LogP contribution in [0.25, 0.3) is 0 Å². The Morgan fingerprint density at radius 2 is 1.09 bits per heavy atom. The highest BCUT2D eigenvalue weighted by Crippen LogP contribution is 2.49. The number of hydroxylamine groups is 1. The number of aliphatic hydroxyl groups is 1. The molecule has 11 nitrogen and oxygen atoms in total. The second kappa shape index (κ2) is 20.4. The van der Waals surface area contributed by atoms with E-state index in [4.69, 9.17) is 19.6 Å². The molecule has 54 heavy (non-hydrogen) atoms. The number of carboxylic acid groups (broad SMARTS) is 1. The van der Waals surface area contributed by atoms with Crippen molar-refractivity contribution in [2.24, 2.45) is 40.9 Å². The molecule has 6 fully saturated rings. The van der Waals surface area contributed by atoms with E-state index in [9.17, 15) is 19.8 Å². The first kappa shape index (κ1) is 42.3. The van der Waals surface area contributed by atoms with Gasteiger partial charge in [0.2, 0.25) is 5.91 Å². The minimum absolute atomic E-state index is 0.0559. The maximum Gasteiger partial charge on any atom is 0.307 e. The van der Waals surface area contributed by atoms with Crippen LogP contribution in [-0.4, -0.2) is 83.2 Å². The molecule has 0 bridgehead atoms. The minimum Gasteiger partial charge on any atom is -0.481 e. The zero-order valence-electron chi connectivity index (χ0n) is 33.5. The van der Waals surface area contributed by atoms with E-state index in [0.717, 1.165) is 88.9 Å². The van der Waals surface area contributed by atoms with Gasteiger partial charge in [-0.3, -0.25) is 14.8 Å². The highest BCUT2D eigenvalue weighted by atomic mass is 17.1. The van der Waals surface area contributed by atoms with E-state index in [1.807, 2.05) is 0 Å². The number of rotatable bonds is 15. The minimum atomic E-state index is -0.935. The first-order valence-electron chi connectivity index (χ1n) is 22.2. The summed E-state index contributed by atoms with van der Waals surface area (Å²) in [5, 5.41) is 31.7. The average molecular weight is 763 g/mol. The van der Waals surface area contributed by atoms with E-state index in [2.05, 4.69) is 29.5 Å². The van der Waals surface area contributed by atoms with Crippen molar-refractivity contribution in [1.29, 1.82) is 0 Å². The van der Waals surface area contributed by atoms with E-state index in [1.54, 1.807) is 0 Å². The molecule has 0 heterocycles. The smallest absolute Gasteiger partial charge is 0.307 e. The van der Waals surface area contributed by atoms with Gasteiger partial charge in [0.15, 0.2) is 0 Å². The van der Waals surface area contributed by atoms with Crippen LogP contribution in [0.15, 0.2) is 0 Å². The summed E-state index contributed by atoms with van der Waals surface area (Å²) >= 11 is 0. The third-order valence-electron chi connectivity index (χ3n) is 15.3. The summed E-state index contributed by atoms with van der Waals surface area (Å²) in [5.74, 6) is -0.171. The lowest BCUT2D eigenvalue weighted by Gasteiger charge is -2.47. The van der Waals surface area contributed by atoms with Gasteiger partial charge >= 0.3 is 5.97 Å². The van der Waals surface area contributed by atoms with E-state index in [0.29, 0.717) is 67.7 Å². The highest BCUT2D eigenvalue weighted by Gasteiger charge is 2.43. The maximum atomic E-state index is 13.0. The number of nitrogens with one attached hydrogen (secondary N) is 2. The molecule has 5 unspecified atom stereocenters. The Morgan fingerprint density at radius 3 is 1.59 bits per heavy atom. The number of carbonyl (C=O) groups excluding carboxylic acids is 1. The van der Waals surface area contributed by atoms with Crippen molar-refractivity contribution >= 4 is 11.9 Å². The van der Waals surface area contributed by atoms with Gasteiger partial charge in [0, 0.05) is 12.1 Å². The van der Waals surface area contributed by atoms with Crippen molar-refractivity contribution in [2.75, 3.05) is 13.2 Å². The summed E-state index contributed by atoms with van der Waals surface area (Å²) in [4.78, 5) is 35.2. The quantitative estimate of drug-likeness (QED) is 0.0833. The van der Waals surface area contributed by atoms with Gasteiger partial charge in [-0.25, -0.2) is 4.89 Å². The predicted molar refractivity (Wildman–Crippen MR) is 205 cm³/mol. The molecular formula is C43H74N2O9. The molecule has 0 aromatic carbocycles. The largest absolute Gasteiger partial charge is 0.481 e. The number of hydrogen-bond acceptors (Lipinski definition) is 9. The molecule has 0 saturated heterocycles. The summed E-state index contributed by atoms with van der Waals surface area (Å²) in [6.07, 6.45) is 24.0. The average Bonchev–Trinajstić information content (AvgIpc) is 3.17. The fourth-order valence-corrected chi connectivity index (χ4v) is 11.6. The van der Waals surface area contributed by atoms with Crippen LogP contribution in [0, 0.1) is 40.9 Å². The van der Waals surface area contributed by atoms with Crippen LogP contribution < -0.4 is 10.8 Å². The van der Waals surface area contributed by atoms with E-state index >= 15 is 0 Å². The number of aliphatic hydroxyl groups excluding tert-OH is 1. The second-order valence-electron chi connectivity index (χ2n) is 19.0. The van der Waals surface area contributed by atoms with Gasteiger partial charge < -0.3 is 29.8 Å². The van der Waals surface area contributed by atoms with Crippen LogP contribution in [0.1, 0.15) is 162 Å². The van der Waals surface area contributed by atoms with Crippen molar-refractivity contribution < 1.29 is 44.3 Å². The summed E-state index contributed by atoms with van der Waals surface area (Å²) < 4.78 is 13.4. The van der Waals surface area contributed by atoms with E-state index in [-0.39, 0.29) is 24.5 Å². The Hall–Kier alpha value is -1.34. The zero-order valence-corrected chi connectivity index (χ0v) is 33.5. The first-order valence-corrected chi connectivity index (χ1v) is 22.2. The van der Waals surface area contributed by atoms with Crippen LogP contribution in [-0.2, 0) is 28.8 Å². The van der Waals surface area contributed by atoms with Crippen molar-refractivity contribution in [3.8, 4) is 0 Å². The number of carbonyl (C=O) groups is 2. The Labute approximate surface area is 324 Å². The Morgan fingerprint density at radius 1 is 0.611 bits per heavy atom. The first-order chi connectivity index (χ1) is 26.1. The molecule has 5 atom stereocenters. The van der Waals surface area contributed by atoms with Crippen molar-refractivity contribution in [3.05, 3.63) is 0 Å². The summed E-state index contributed by atoms with van der Waals surface area (Å²) in [6, 6.07) is 0.451. The molecule has 310 valence electrons. The third-order valence-corrected chi connectivity index (χ3v) is 15.3. The standard InChI is InChI=1S/C43H74N2O9/c1-43(2,31-9-18-36(19-10-31)54-38-22-13-33(14-23-38)45-51-26-28-5-3-4-6-29(28)27-52-50)30-7-16-35(17-8-30)53-37-20-11-32(12-21-37)44-41(47)40-25-34(46)15-24-39(40)42(48)49/h28-40,45-46,50H,3-27H2,1-2H3,(H,44,47)(H,48,49). The number of aliphatic carboxylic acids is 1. The SMILES string of the molecule is CC(C)(C1CCC(OC2CCC(NOCC3CCCCC3COO)CC2)CC1)C1CCC(OC2CCC(NC(=O)C3CC(O)CCC3C(=O)O)CC2)CC1. The summed E-state index contributed by atoms with van der Waals surface area (Å²) in [7, 11) is 0. The van der Waals surface area contributed by atoms with Crippen LogP contribution in [0.5, 0.6) is 0 Å². The molecule has 6 aliphatic rings. The Balaban J connectivity index is 0.825. The molecule has 6 rings (SSSR count). The lowest BCUT2D eigenvalue weighted by atomic mass is 9.60. The van der Waals surface area contributed by atoms with E-state index < -0.39 is 23.9 Å². The van der Waals surface area contributed by atoms with Gasteiger partial charge in [0.05, 0.1) is 55.6 Å². The molecular weight excluding hydrogens is 688 g/mol. The van der Waals surface area contributed by atoms with Gasteiger partial charge in [0.1, 0.15) is 0 Å². The molecule has 11 heteroatoms. The molecule has 1 amide bonds. The second-order valence-corrected chi connectivity index (χ2v) is 19.0. The molecule has 0 spiro atoms. The molecule has 5 N–H and O–H groups in total. The zero-order chi connectivity index (χ0) is 38.1. The van der Waals surface area contributed by atoms with Crippen molar-refractivity contribution in [2.45, 2.75) is 204 Å². The number of ether oxygens (including phenoxy) is 2. The molecule has 0 aliphatic heterocycles. The van der Waals surface area contributed by atoms with Gasteiger partial charge in [-0.05, 0) is 164 Å². The molecule has 6 aliphatic carbocycles. The third kappa shape index (κ3) is 11.6. The highest BCUT2D eigenvalue weighted by molar-refractivity contribution is 5.85. The number of hydrogen-bond donors (Lipinski definition) is 5. The molecule has 0 aromatic rings. The van der Waals surface area contributed by atoms with Gasteiger partial charge in [-0.15, -0.1) is 0 Å². The fraction of sp³-hybridized carbons (Fsp3) is 0.953. The Kier molecular flexibility index (Phi) is 16.0. The van der Waals surface area contributed by atoms with Crippen LogP contribution in [0.4, 0.5) is 0 Å². The molecule has 0 aromatic heterocycles. The number of carboxylic acids is 1. The van der Waals surface area contributed by atoms with E-state index in [1.165, 1.54) is 51.4 Å². The topological polar surface area (TPSA) is 156 Å². The summed E-state index contributed by atoms with van der Waals surface area (Å²) in [5.41, 5.74) is 3.68. The summed E-state index contributed by atoms with van der Waals surface area (Å²) in [6.45, 7) is 6.16. The van der Waals surface area contributed by atoms with Crippen LogP contribution >= 0.6 is 0 Å². The monoisotopic (exact) mass is 763 g/mol. The normalized spacial score (nSPS) is 39.8. The molecule has 6 saturated carbocycles. The number of amides is 1. The molecule has 0 radical (unpaired) electrons. The fourth-order valence-electron chi connectivity index (χ4n) is 11.6. The van der Waals surface area contributed by atoms with Gasteiger partial charge in [0.25, 0.3) is 0 Å². The van der Waals surface area contributed by atoms with Crippen LogP contribution in [0.2, 0.25) is 0 Å². The van der Waals surface area contributed by atoms with Crippen LogP contribution in [0.3, 0.4) is 0 Å². The maximum absolute atomic E-state index is 13.0. The van der Waals surface area contributed by atoms with Gasteiger partial charge in [-0.1, -0.05) is 26.7 Å². The lowest BCUT2D eigenvalue weighted by Crippen LogP contribution is -2.47. The predicted octanol–water partition coefficient (Wildman–Crippen LogP) is 7.58. The van der Waals surface area contributed by atoms with Crippen molar-refractivity contribution in [3.63, 3.8) is 0 Å². The Bertz CT molecular complexity index is 1140. The lowest BCUT2D eigenvalue weighted by molar-refractivity contribution is -0.256. The van der Waals surface area contributed by atoms with Gasteiger partial charge in [-0.2, -0.15) is 5.48 Å².